The molecule has 1 unspecified atom stereocenters. The lowest BCUT2D eigenvalue weighted by Crippen LogP contribution is -2.18. The smallest absolute Gasteiger partial charge is 0.0315 e. The first kappa shape index (κ1) is 10.9. The summed E-state index contributed by atoms with van der Waals surface area (Å²) < 4.78 is 0. The van der Waals surface area contributed by atoms with Gasteiger partial charge in [-0.3, -0.25) is 4.98 Å². The van der Waals surface area contributed by atoms with Gasteiger partial charge in [-0.15, -0.1) is 0 Å². The summed E-state index contributed by atoms with van der Waals surface area (Å²) in [7, 11) is 0. The van der Waals surface area contributed by atoms with Crippen molar-refractivity contribution in [2.24, 2.45) is 0 Å². The molecule has 0 saturated heterocycles. The van der Waals surface area contributed by atoms with Gasteiger partial charge < -0.3 is 5.32 Å². The Morgan fingerprint density at radius 1 is 1.57 bits per heavy atom. The van der Waals surface area contributed by atoms with Crippen molar-refractivity contribution < 1.29 is 0 Å². The summed E-state index contributed by atoms with van der Waals surface area (Å²) in [5.74, 6) is 0. The highest BCUT2D eigenvalue weighted by molar-refractivity contribution is 5.13. The van der Waals surface area contributed by atoms with Crippen LogP contribution in [0.15, 0.2) is 36.2 Å². The SMILES string of the molecule is CC(C)=CCNC(C)c1cccnc1. The van der Waals surface area contributed by atoms with Crippen LogP contribution in [0, 0.1) is 0 Å². The zero-order valence-electron chi connectivity index (χ0n) is 9.12. The van der Waals surface area contributed by atoms with Crippen LogP contribution in [0.3, 0.4) is 0 Å². The van der Waals surface area contributed by atoms with Crippen LogP contribution in [-0.2, 0) is 0 Å². The van der Waals surface area contributed by atoms with Gasteiger partial charge in [0.25, 0.3) is 0 Å². The number of nitrogens with zero attached hydrogens (tertiary/aromatic N) is 1. The zero-order valence-corrected chi connectivity index (χ0v) is 9.12. The first-order valence-corrected chi connectivity index (χ1v) is 4.97. The molecule has 1 rings (SSSR count). The van der Waals surface area contributed by atoms with Gasteiger partial charge in [0.1, 0.15) is 0 Å². The third-order valence-electron chi connectivity index (χ3n) is 2.12. The first-order valence-electron chi connectivity index (χ1n) is 4.97. The van der Waals surface area contributed by atoms with Crippen LogP contribution in [0.25, 0.3) is 0 Å². The monoisotopic (exact) mass is 190 g/mol. The van der Waals surface area contributed by atoms with E-state index < -0.39 is 0 Å². The fourth-order valence-electron chi connectivity index (χ4n) is 1.19. The van der Waals surface area contributed by atoms with Crippen LogP contribution in [0.4, 0.5) is 0 Å². The fraction of sp³-hybridized carbons (Fsp3) is 0.417. The summed E-state index contributed by atoms with van der Waals surface area (Å²) in [5, 5.41) is 3.41. The molecule has 0 aromatic carbocycles. The molecule has 0 radical (unpaired) electrons. The van der Waals surface area contributed by atoms with E-state index >= 15 is 0 Å². The normalized spacial score (nSPS) is 12.2. The lowest BCUT2D eigenvalue weighted by molar-refractivity contribution is 0.614. The summed E-state index contributed by atoms with van der Waals surface area (Å²) in [6.45, 7) is 7.28. The number of nitrogens with one attached hydrogen (secondary N) is 1. The second-order valence-corrected chi connectivity index (χ2v) is 3.70. The van der Waals surface area contributed by atoms with E-state index in [2.05, 4.69) is 43.2 Å². The second kappa shape index (κ2) is 5.55. The predicted molar refractivity (Wildman–Crippen MR) is 60.1 cm³/mol. The number of allylic oxidation sites excluding steroid dienone is 1. The van der Waals surface area contributed by atoms with Gasteiger partial charge in [0.2, 0.25) is 0 Å². The van der Waals surface area contributed by atoms with Gasteiger partial charge in [0, 0.05) is 25.0 Å². The summed E-state index contributed by atoms with van der Waals surface area (Å²) in [5.41, 5.74) is 2.57. The van der Waals surface area contributed by atoms with Crippen LogP contribution in [0.2, 0.25) is 0 Å². The Morgan fingerprint density at radius 2 is 2.36 bits per heavy atom. The number of hydrogen-bond donors (Lipinski definition) is 1. The number of pyridine rings is 1. The number of hydrogen-bond acceptors (Lipinski definition) is 2. The molecule has 14 heavy (non-hydrogen) atoms. The summed E-state index contributed by atoms with van der Waals surface area (Å²) in [6.07, 6.45) is 5.89. The molecule has 0 spiro atoms. The van der Waals surface area contributed by atoms with Crippen molar-refractivity contribution in [1.29, 1.82) is 0 Å². The van der Waals surface area contributed by atoms with Crippen LogP contribution < -0.4 is 5.32 Å². The minimum absolute atomic E-state index is 0.360. The van der Waals surface area contributed by atoms with Crippen LogP contribution in [-0.4, -0.2) is 11.5 Å². The van der Waals surface area contributed by atoms with E-state index in [0.29, 0.717) is 6.04 Å². The van der Waals surface area contributed by atoms with E-state index in [9.17, 15) is 0 Å². The minimum Gasteiger partial charge on any atom is -0.307 e. The highest BCUT2D eigenvalue weighted by Crippen LogP contribution is 2.08. The predicted octanol–water partition coefficient (Wildman–Crippen LogP) is 2.70. The van der Waals surface area contributed by atoms with Gasteiger partial charge in [-0.2, -0.15) is 0 Å². The minimum atomic E-state index is 0.360. The Bertz CT molecular complexity index is 286. The van der Waals surface area contributed by atoms with Crippen molar-refractivity contribution in [2.75, 3.05) is 6.54 Å². The van der Waals surface area contributed by atoms with Gasteiger partial charge in [-0.05, 0) is 32.4 Å². The largest absolute Gasteiger partial charge is 0.307 e. The van der Waals surface area contributed by atoms with Crippen molar-refractivity contribution >= 4 is 0 Å². The van der Waals surface area contributed by atoms with Gasteiger partial charge in [-0.25, -0.2) is 0 Å². The maximum absolute atomic E-state index is 4.09. The number of aromatic nitrogens is 1. The molecule has 1 atom stereocenters. The van der Waals surface area contributed by atoms with E-state index in [1.54, 1.807) is 6.20 Å². The van der Waals surface area contributed by atoms with Crippen molar-refractivity contribution in [2.45, 2.75) is 26.8 Å². The van der Waals surface area contributed by atoms with Gasteiger partial charge >= 0.3 is 0 Å². The molecule has 0 aliphatic rings. The summed E-state index contributed by atoms with van der Waals surface area (Å²) >= 11 is 0. The van der Waals surface area contributed by atoms with Crippen molar-refractivity contribution in [3.63, 3.8) is 0 Å². The standard InChI is InChI=1S/C12H18N2/c1-10(2)6-8-14-11(3)12-5-4-7-13-9-12/h4-7,9,11,14H,8H2,1-3H3. The molecule has 1 aromatic rings. The summed E-state index contributed by atoms with van der Waals surface area (Å²) in [6, 6.07) is 4.42. The van der Waals surface area contributed by atoms with Crippen LogP contribution >= 0.6 is 0 Å². The highest BCUT2D eigenvalue weighted by atomic mass is 14.9. The molecule has 2 nitrogen and oxygen atoms in total. The third kappa shape index (κ3) is 3.71. The van der Waals surface area contributed by atoms with E-state index in [1.165, 1.54) is 11.1 Å². The maximum atomic E-state index is 4.09. The molecule has 0 aliphatic heterocycles. The Labute approximate surface area is 86.1 Å². The average Bonchev–Trinajstić information content (AvgIpc) is 2.18. The van der Waals surface area contributed by atoms with Crippen molar-refractivity contribution in [3.8, 4) is 0 Å². The number of rotatable bonds is 4. The lowest BCUT2D eigenvalue weighted by atomic mass is 10.1. The van der Waals surface area contributed by atoms with Gasteiger partial charge in [-0.1, -0.05) is 17.7 Å². The average molecular weight is 190 g/mol. The quantitative estimate of drug-likeness (QED) is 0.738. The topological polar surface area (TPSA) is 24.9 Å². The Hall–Kier alpha value is -1.15. The second-order valence-electron chi connectivity index (χ2n) is 3.70. The zero-order chi connectivity index (χ0) is 10.4. The molecular formula is C12H18N2. The third-order valence-corrected chi connectivity index (χ3v) is 2.12. The molecule has 0 amide bonds. The molecule has 0 aliphatic carbocycles. The van der Waals surface area contributed by atoms with Crippen molar-refractivity contribution in [1.82, 2.24) is 10.3 Å². The first-order chi connectivity index (χ1) is 6.70. The van der Waals surface area contributed by atoms with E-state index in [4.69, 9.17) is 0 Å². The fourth-order valence-corrected chi connectivity index (χ4v) is 1.19. The molecule has 0 bridgehead atoms. The summed E-state index contributed by atoms with van der Waals surface area (Å²) in [4.78, 5) is 4.09. The Balaban J connectivity index is 2.43. The van der Waals surface area contributed by atoms with Crippen molar-refractivity contribution in [3.05, 3.63) is 41.7 Å². The Kier molecular flexibility index (Phi) is 4.33. The van der Waals surface area contributed by atoms with E-state index in [0.717, 1.165) is 6.54 Å². The van der Waals surface area contributed by atoms with Gasteiger partial charge in [0.15, 0.2) is 0 Å². The molecule has 0 saturated carbocycles. The molecule has 1 aromatic heterocycles. The van der Waals surface area contributed by atoms with Crippen LogP contribution in [0.5, 0.6) is 0 Å². The maximum Gasteiger partial charge on any atom is 0.0315 e. The van der Waals surface area contributed by atoms with E-state index in [1.807, 2.05) is 12.3 Å². The molecule has 76 valence electrons. The lowest BCUT2D eigenvalue weighted by Gasteiger charge is -2.11. The van der Waals surface area contributed by atoms with Gasteiger partial charge in [0.05, 0.1) is 0 Å². The van der Waals surface area contributed by atoms with Crippen LogP contribution in [0.1, 0.15) is 32.4 Å². The Morgan fingerprint density at radius 3 is 2.93 bits per heavy atom. The molecular weight excluding hydrogens is 172 g/mol. The molecule has 2 heteroatoms. The molecule has 0 fully saturated rings. The molecule has 1 N–H and O–H groups in total. The molecule has 1 heterocycles. The highest BCUT2D eigenvalue weighted by Gasteiger charge is 2.01. The van der Waals surface area contributed by atoms with E-state index in [-0.39, 0.29) is 0 Å².